The average Bonchev–Trinajstić information content (AvgIpc) is 2.61. The van der Waals surface area contributed by atoms with Gasteiger partial charge < -0.3 is 9.67 Å². The molecule has 0 spiro atoms. The molecule has 2 rings (SSSR count). The molecule has 82 valence electrons. The zero-order valence-electron chi connectivity index (χ0n) is 9.14. The number of pyridine rings is 1. The van der Waals surface area contributed by atoms with Gasteiger partial charge in [-0.25, -0.2) is 4.79 Å². The molecule has 0 amide bonds. The summed E-state index contributed by atoms with van der Waals surface area (Å²) in [6, 6.07) is 5.45. The normalized spacial score (nSPS) is 10.4. The van der Waals surface area contributed by atoms with Crippen molar-refractivity contribution >= 4 is 5.97 Å². The first-order valence-electron chi connectivity index (χ1n) is 4.91. The quantitative estimate of drug-likeness (QED) is 0.836. The smallest absolute Gasteiger partial charge is 0.337 e. The van der Waals surface area contributed by atoms with Crippen molar-refractivity contribution in [1.29, 1.82) is 0 Å². The van der Waals surface area contributed by atoms with Gasteiger partial charge in [0.25, 0.3) is 0 Å². The van der Waals surface area contributed by atoms with Gasteiger partial charge >= 0.3 is 5.97 Å². The van der Waals surface area contributed by atoms with Crippen LogP contribution in [0.5, 0.6) is 0 Å². The monoisotopic (exact) mass is 216 g/mol. The number of rotatable bonds is 2. The largest absolute Gasteiger partial charge is 0.478 e. The van der Waals surface area contributed by atoms with Crippen LogP contribution in [0.2, 0.25) is 0 Å². The van der Waals surface area contributed by atoms with E-state index in [2.05, 4.69) is 4.98 Å². The molecule has 0 aromatic carbocycles. The molecule has 0 unspecified atom stereocenters. The summed E-state index contributed by atoms with van der Waals surface area (Å²) >= 11 is 0. The summed E-state index contributed by atoms with van der Waals surface area (Å²) in [4.78, 5) is 15.1. The lowest BCUT2D eigenvalue weighted by molar-refractivity contribution is 0.0697. The van der Waals surface area contributed by atoms with Gasteiger partial charge in [-0.05, 0) is 24.6 Å². The SMILES string of the molecule is Cc1cccnc1-c1cc(C(=O)O)cn1C. The summed E-state index contributed by atoms with van der Waals surface area (Å²) in [7, 11) is 1.82. The Kier molecular flexibility index (Phi) is 2.48. The average molecular weight is 216 g/mol. The highest BCUT2D eigenvalue weighted by Gasteiger charge is 2.12. The predicted octanol–water partition coefficient (Wildman–Crippen LogP) is 2.09. The standard InChI is InChI=1S/C12H12N2O2/c1-8-4-3-5-13-11(8)10-6-9(12(15)16)7-14(10)2/h3-7H,1-2H3,(H,15,16). The number of hydrogen-bond acceptors (Lipinski definition) is 2. The maximum absolute atomic E-state index is 10.8. The van der Waals surface area contributed by atoms with Crippen LogP contribution in [-0.2, 0) is 7.05 Å². The highest BCUT2D eigenvalue weighted by atomic mass is 16.4. The second-order valence-corrected chi connectivity index (χ2v) is 3.70. The molecule has 0 aliphatic rings. The van der Waals surface area contributed by atoms with E-state index < -0.39 is 5.97 Å². The van der Waals surface area contributed by atoms with Gasteiger partial charge in [0.1, 0.15) is 0 Å². The van der Waals surface area contributed by atoms with Gasteiger partial charge in [0.05, 0.1) is 17.0 Å². The van der Waals surface area contributed by atoms with E-state index in [9.17, 15) is 4.79 Å². The highest BCUT2D eigenvalue weighted by Crippen LogP contribution is 2.22. The third kappa shape index (κ3) is 1.69. The molecule has 0 fully saturated rings. The molecule has 0 saturated carbocycles. The number of aromatic carboxylic acids is 1. The molecule has 0 saturated heterocycles. The molecule has 2 aromatic rings. The third-order valence-electron chi connectivity index (χ3n) is 2.50. The molecule has 0 aliphatic heterocycles. The second-order valence-electron chi connectivity index (χ2n) is 3.70. The number of nitrogens with zero attached hydrogens (tertiary/aromatic N) is 2. The lowest BCUT2D eigenvalue weighted by Gasteiger charge is -2.04. The Bertz CT molecular complexity index is 544. The molecular formula is C12H12N2O2. The van der Waals surface area contributed by atoms with Gasteiger partial charge in [0.15, 0.2) is 0 Å². The van der Waals surface area contributed by atoms with Crippen molar-refractivity contribution in [1.82, 2.24) is 9.55 Å². The maximum Gasteiger partial charge on any atom is 0.337 e. The molecule has 1 N–H and O–H groups in total. The minimum absolute atomic E-state index is 0.280. The zero-order chi connectivity index (χ0) is 11.7. The Morgan fingerprint density at radius 2 is 2.25 bits per heavy atom. The molecule has 0 radical (unpaired) electrons. The van der Waals surface area contributed by atoms with Crippen LogP contribution in [0.1, 0.15) is 15.9 Å². The van der Waals surface area contributed by atoms with Crippen LogP contribution in [0, 0.1) is 6.92 Å². The Morgan fingerprint density at radius 1 is 1.50 bits per heavy atom. The van der Waals surface area contributed by atoms with Crippen molar-refractivity contribution in [3.63, 3.8) is 0 Å². The van der Waals surface area contributed by atoms with Crippen molar-refractivity contribution in [3.05, 3.63) is 41.7 Å². The Labute approximate surface area is 93.2 Å². The predicted molar refractivity (Wildman–Crippen MR) is 60.3 cm³/mol. The summed E-state index contributed by atoms with van der Waals surface area (Å²) in [5.74, 6) is -0.921. The fraction of sp³-hybridized carbons (Fsp3) is 0.167. The van der Waals surface area contributed by atoms with E-state index in [1.54, 1.807) is 23.0 Å². The highest BCUT2D eigenvalue weighted by molar-refractivity contribution is 5.89. The number of aryl methyl sites for hydroxylation is 2. The van der Waals surface area contributed by atoms with E-state index in [1.807, 2.05) is 26.1 Å². The van der Waals surface area contributed by atoms with Crippen LogP contribution in [0.25, 0.3) is 11.4 Å². The maximum atomic E-state index is 10.8. The third-order valence-corrected chi connectivity index (χ3v) is 2.50. The molecule has 4 nitrogen and oxygen atoms in total. The molecule has 0 atom stereocenters. The van der Waals surface area contributed by atoms with Gasteiger partial charge in [-0.2, -0.15) is 0 Å². The Balaban J connectivity index is 2.57. The van der Waals surface area contributed by atoms with Crippen LogP contribution in [0.15, 0.2) is 30.6 Å². The van der Waals surface area contributed by atoms with E-state index in [-0.39, 0.29) is 5.56 Å². The summed E-state index contributed by atoms with van der Waals surface area (Å²) in [6.07, 6.45) is 3.29. The van der Waals surface area contributed by atoms with E-state index in [4.69, 9.17) is 5.11 Å². The molecule has 16 heavy (non-hydrogen) atoms. The van der Waals surface area contributed by atoms with E-state index >= 15 is 0 Å². The van der Waals surface area contributed by atoms with E-state index in [1.165, 1.54) is 0 Å². The fourth-order valence-electron chi connectivity index (χ4n) is 1.67. The number of carboxylic acids is 1. The van der Waals surface area contributed by atoms with Crippen LogP contribution >= 0.6 is 0 Å². The Hall–Kier alpha value is -2.10. The van der Waals surface area contributed by atoms with Crippen molar-refractivity contribution in [3.8, 4) is 11.4 Å². The molecule has 4 heteroatoms. The first-order valence-corrected chi connectivity index (χ1v) is 4.91. The van der Waals surface area contributed by atoms with Crippen molar-refractivity contribution in [2.24, 2.45) is 7.05 Å². The number of carbonyl (C=O) groups is 1. The summed E-state index contributed by atoms with van der Waals surface area (Å²) in [5.41, 5.74) is 2.94. The van der Waals surface area contributed by atoms with Crippen molar-refractivity contribution < 1.29 is 9.90 Å². The number of carboxylic acid groups (broad SMARTS) is 1. The number of aromatic nitrogens is 2. The zero-order valence-corrected chi connectivity index (χ0v) is 9.14. The first kappa shape index (κ1) is 10.4. The van der Waals surface area contributed by atoms with Crippen molar-refractivity contribution in [2.45, 2.75) is 6.92 Å². The van der Waals surface area contributed by atoms with Crippen LogP contribution in [-0.4, -0.2) is 20.6 Å². The first-order chi connectivity index (χ1) is 7.59. The summed E-state index contributed by atoms with van der Waals surface area (Å²) in [6.45, 7) is 1.95. The summed E-state index contributed by atoms with van der Waals surface area (Å²) in [5, 5.41) is 8.91. The van der Waals surface area contributed by atoms with Crippen LogP contribution in [0.3, 0.4) is 0 Å². The molecule has 0 aliphatic carbocycles. The molecule has 2 aromatic heterocycles. The lowest BCUT2D eigenvalue weighted by atomic mass is 10.1. The lowest BCUT2D eigenvalue weighted by Crippen LogP contribution is -1.94. The molecule has 0 bridgehead atoms. The van der Waals surface area contributed by atoms with Gasteiger partial charge in [-0.15, -0.1) is 0 Å². The van der Waals surface area contributed by atoms with E-state index in [0.717, 1.165) is 17.0 Å². The van der Waals surface area contributed by atoms with Gasteiger partial charge in [0.2, 0.25) is 0 Å². The van der Waals surface area contributed by atoms with Gasteiger partial charge in [-0.1, -0.05) is 6.07 Å². The Morgan fingerprint density at radius 3 is 2.81 bits per heavy atom. The van der Waals surface area contributed by atoms with Crippen LogP contribution < -0.4 is 0 Å². The topological polar surface area (TPSA) is 55.1 Å². The second kappa shape index (κ2) is 3.81. The molecular weight excluding hydrogens is 204 g/mol. The van der Waals surface area contributed by atoms with Gasteiger partial charge in [-0.3, -0.25) is 4.98 Å². The molecule has 2 heterocycles. The van der Waals surface area contributed by atoms with E-state index in [0.29, 0.717) is 0 Å². The fourth-order valence-corrected chi connectivity index (χ4v) is 1.67. The minimum atomic E-state index is -0.921. The van der Waals surface area contributed by atoms with Crippen LogP contribution in [0.4, 0.5) is 0 Å². The minimum Gasteiger partial charge on any atom is -0.478 e. The van der Waals surface area contributed by atoms with Crippen molar-refractivity contribution in [2.75, 3.05) is 0 Å². The van der Waals surface area contributed by atoms with Gasteiger partial charge in [0, 0.05) is 19.4 Å². The number of hydrogen-bond donors (Lipinski definition) is 1. The summed E-state index contributed by atoms with van der Waals surface area (Å²) < 4.78 is 1.78.